The van der Waals surface area contributed by atoms with Gasteiger partial charge in [0, 0.05) is 13.1 Å². The standard InChI is InChI=1S/C11H15N3O4/c1-12-8(15)6-13-9(16)10(17)14(11(13)18)7-4-2-3-5-7/h7H,2-6H2,1H3,(H,12,15). The maximum absolute atomic E-state index is 12.0. The molecule has 0 aromatic heterocycles. The molecule has 0 unspecified atom stereocenters. The summed E-state index contributed by atoms with van der Waals surface area (Å²) >= 11 is 0. The Labute approximate surface area is 104 Å². The second-order valence-electron chi connectivity index (χ2n) is 4.46. The van der Waals surface area contributed by atoms with Crippen LogP contribution in [0.5, 0.6) is 0 Å². The van der Waals surface area contributed by atoms with Crippen molar-refractivity contribution in [2.24, 2.45) is 0 Å². The first kappa shape index (κ1) is 12.5. The summed E-state index contributed by atoms with van der Waals surface area (Å²) in [6.45, 7) is -0.400. The third-order valence-electron chi connectivity index (χ3n) is 3.35. The highest BCUT2D eigenvalue weighted by Crippen LogP contribution is 2.27. The van der Waals surface area contributed by atoms with Gasteiger partial charge in [-0.15, -0.1) is 0 Å². The average molecular weight is 253 g/mol. The van der Waals surface area contributed by atoms with Gasteiger partial charge in [-0.1, -0.05) is 12.8 Å². The van der Waals surface area contributed by atoms with Crippen molar-refractivity contribution in [1.82, 2.24) is 15.1 Å². The van der Waals surface area contributed by atoms with Crippen LogP contribution in [-0.2, 0) is 14.4 Å². The number of urea groups is 1. The molecule has 1 aliphatic carbocycles. The topological polar surface area (TPSA) is 86.8 Å². The van der Waals surface area contributed by atoms with E-state index in [-0.39, 0.29) is 6.04 Å². The zero-order valence-corrected chi connectivity index (χ0v) is 10.1. The van der Waals surface area contributed by atoms with E-state index in [1.807, 2.05) is 0 Å². The molecule has 1 saturated carbocycles. The summed E-state index contributed by atoms with van der Waals surface area (Å²) < 4.78 is 0. The predicted molar refractivity (Wildman–Crippen MR) is 60.3 cm³/mol. The Morgan fingerprint density at radius 3 is 2.39 bits per heavy atom. The molecule has 0 aromatic carbocycles. The average Bonchev–Trinajstić information content (AvgIpc) is 2.93. The lowest BCUT2D eigenvalue weighted by Crippen LogP contribution is -2.42. The number of hydrogen-bond acceptors (Lipinski definition) is 4. The van der Waals surface area contributed by atoms with E-state index in [9.17, 15) is 19.2 Å². The minimum atomic E-state index is -0.907. The molecule has 5 amide bonds. The minimum Gasteiger partial charge on any atom is -0.358 e. The Kier molecular flexibility index (Phi) is 3.31. The molecular weight excluding hydrogens is 238 g/mol. The van der Waals surface area contributed by atoms with Crippen LogP contribution in [0, 0.1) is 0 Å². The number of nitrogens with one attached hydrogen (secondary N) is 1. The predicted octanol–water partition coefficient (Wildman–Crippen LogP) is -0.534. The van der Waals surface area contributed by atoms with Gasteiger partial charge in [0.05, 0.1) is 0 Å². The van der Waals surface area contributed by atoms with Crippen LogP contribution in [0.25, 0.3) is 0 Å². The SMILES string of the molecule is CNC(=O)CN1C(=O)C(=O)N(C2CCCC2)C1=O. The molecule has 1 aliphatic heterocycles. The Morgan fingerprint density at radius 1 is 1.22 bits per heavy atom. The van der Waals surface area contributed by atoms with Gasteiger partial charge < -0.3 is 5.32 Å². The van der Waals surface area contributed by atoms with Gasteiger partial charge in [0.1, 0.15) is 6.54 Å². The Bertz CT molecular complexity index is 415. The summed E-state index contributed by atoms with van der Waals surface area (Å²) in [5, 5.41) is 2.32. The molecule has 0 spiro atoms. The smallest absolute Gasteiger partial charge is 0.334 e. The number of likely N-dealkylation sites (N-methyl/N-ethyl adjacent to an activating group) is 1. The van der Waals surface area contributed by atoms with Gasteiger partial charge in [-0.05, 0) is 12.8 Å². The molecular formula is C11H15N3O4. The van der Waals surface area contributed by atoms with Crippen LogP contribution in [0.4, 0.5) is 4.79 Å². The molecule has 98 valence electrons. The number of carbonyl (C=O) groups excluding carboxylic acids is 4. The summed E-state index contributed by atoms with van der Waals surface area (Å²) in [4.78, 5) is 48.4. The molecule has 18 heavy (non-hydrogen) atoms. The van der Waals surface area contributed by atoms with Crippen LogP contribution < -0.4 is 5.32 Å². The van der Waals surface area contributed by atoms with Crippen molar-refractivity contribution in [3.8, 4) is 0 Å². The van der Waals surface area contributed by atoms with Gasteiger partial charge in [0.2, 0.25) is 5.91 Å². The zero-order chi connectivity index (χ0) is 13.3. The number of imide groups is 2. The van der Waals surface area contributed by atoms with E-state index in [1.54, 1.807) is 0 Å². The van der Waals surface area contributed by atoms with Crippen molar-refractivity contribution in [3.63, 3.8) is 0 Å². The molecule has 0 aromatic rings. The lowest BCUT2D eigenvalue weighted by atomic mass is 10.2. The molecule has 7 nitrogen and oxygen atoms in total. The quantitative estimate of drug-likeness (QED) is 0.541. The van der Waals surface area contributed by atoms with Gasteiger partial charge in [0.15, 0.2) is 0 Å². The van der Waals surface area contributed by atoms with Gasteiger partial charge in [-0.25, -0.2) is 9.69 Å². The van der Waals surface area contributed by atoms with Crippen molar-refractivity contribution in [1.29, 1.82) is 0 Å². The monoisotopic (exact) mass is 253 g/mol. The molecule has 0 bridgehead atoms. The van der Waals surface area contributed by atoms with Crippen LogP contribution in [-0.4, -0.2) is 53.2 Å². The first-order valence-corrected chi connectivity index (χ1v) is 5.96. The fourth-order valence-electron chi connectivity index (χ4n) is 2.37. The van der Waals surface area contributed by atoms with Crippen molar-refractivity contribution >= 4 is 23.8 Å². The fraction of sp³-hybridized carbons (Fsp3) is 0.636. The van der Waals surface area contributed by atoms with Gasteiger partial charge in [-0.2, -0.15) is 0 Å². The summed E-state index contributed by atoms with van der Waals surface area (Å²) in [5.74, 6) is -2.19. The fourth-order valence-corrected chi connectivity index (χ4v) is 2.37. The van der Waals surface area contributed by atoms with E-state index in [1.165, 1.54) is 7.05 Å². The summed E-state index contributed by atoms with van der Waals surface area (Å²) in [5.41, 5.74) is 0. The van der Waals surface area contributed by atoms with E-state index in [0.29, 0.717) is 4.90 Å². The number of rotatable bonds is 3. The highest BCUT2D eigenvalue weighted by Gasteiger charge is 2.48. The van der Waals surface area contributed by atoms with Crippen LogP contribution >= 0.6 is 0 Å². The highest BCUT2D eigenvalue weighted by molar-refractivity contribution is 6.45. The zero-order valence-electron chi connectivity index (χ0n) is 10.1. The summed E-state index contributed by atoms with van der Waals surface area (Å²) in [7, 11) is 1.41. The normalized spacial score (nSPS) is 21.1. The van der Waals surface area contributed by atoms with E-state index in [0.717, 1.165) is 30.6 Å². The molecule has 2 fully saturated rings. The Morgan fingerprint density at radius 2 is 1.83 bits per heavy atom. The van der Waals surface area contributed by atoms with Crippen LogP contribution in [0.3, 0.4) is 0 Å². The van der Waals surface area contributed by atoms with Crippen molar-refractivity contribution < 1.29 is 19.2 Å². The molecule has 1 N–H and O–H groups in total. The molecule has 0 radical (unpaired) electrons. The third-order valence-corrected chi connectivity index (χ3v) is 3.35. The van der Waals surface area contributed by atoms with E-state index < -0.39 is 30.3 Å². The van der Waals surface area contributed by atoms with Crippen molar-refractivity contribution in [2.75, 3.05) is 13.6 Å². The van der Waals surface area contributed by atoms with Crippen LogP contribution in [0.2, 0.25) is 0 Å². The maximum Gasteiger partial charge on any atom is 0.334 e. The van der Waals surface area contributed by atoms with Crippen molar-refractivity contribution in [2.45, 2.75) is 31.7 Å². The summed E-state index contributed by atoms with van der Waals surface area (Å²) in [6, 6.07) is -0.857. The lowest BCUT2D eigenvalue weighted by Gasteiger charge is -2.20. The van der Waals surface area contributed by atoms with Gasteiger partial charge in [-0.3, -0.25) is 19.3 Å². The number of hydrogen-bond donors (Lipinski definition) is 1. The minimum absolute atomic E-state index is 0.191. The second-order valence-corrected chi connectivity index (χ2v) is 4.46. The molecule has 2 aliphatic rings. The first-order valence-electron chi connectivity index (χ1n) is 5.96. The largest absolute Gasteiger partial charge is 0.358 e. The van der Waals surface area contributed by atoms with E-state index in [2.05, 4.69) is 5.32 Å². The van der Waals surface area contributed by atoms with Gasteiger partial charge in [0.25, 0.3) is 0 Å². The summed E-state index contributed by atoms with van der Waals surface area (Å²) in [6.07, 6.45) is 3.37. The Hall–Kier alpha value is -1.92. The maximum atomic E-state index is 12.0. The third kappa shape index (κ3) is 1.96. The first-order chi connectivity index (χ1) is 8.56. The molecule has 0 atom stereocenters. The van der Waals surface area contributed by atoms with Crippen LogP contribution in [0.15, 0.2) is 0 Å². The molecule has 7 heteroatoms. The second kappa shape index (κ2) is 4.75. The Balaban J connectivity index is 2.15. The van der Waals surface area contributed by atoms with Gasteiger partial charge >= 0.3 is 17.8 Å². The molecule has 2 rings (SSSR count). The van der Waals surface area contributed by atoms with Crippen molar-refractivity contribution in [3.05, 3.63) is 0 Å². The number of nitrogens with zero attached hydrogens (tertiary/aromatic N) is 2. The lowest BCUT2D eigenvalue weighted by molar-refractivity contribution is -0.144. The van der Waals surface area contributed by atoms with Crippen LogP contribution in [0.1, 0.15) is 25.7 Å². The number of amides is 5. The van der Waals surface area contributed by atoms with E-state index in [4.69, 9.17) is 0 Å². The molecule has 1 heterocycles. The molecule has 1 saturated heterocycles. The number of carbonyl (C=O) groups is 4. The highest BCUT2D eigenvalue weighted by atomic mass is 16.2. The van der Waals surface area contributed by atoms with E-state index >= 15 is 0 Å².